The van der Waals surface area contributed by atoms with E-state index in [1.807, 2.05) is 0 Å². The third kappa shape index (κ3) is 7.53. The molecule has 0 aliphatic carbocycles. The van der Waals surface area contributed by atoms with Gasteiger partial charge in [-0.1, -0.05) is 36.4 Å². The summed E-state index contributed by atoms with van der Waals surface area (Å²) in [5.74, 6) is -1.93. The van der Waals surface area contributed by atoms with E-state index in [9.17, 15) is 9.59 Å². The predicted octanol–water partition coefficient (Wildman–Crippen LogP) is 2.58. The molecule has 2 aromatic carbocycles. The smallest absolute Gasteiger partial charge is 0.779 e. The first-order valence-electron chi connectivity index (χ1n) is 5.42. The number of hydrogen-bond acceptors (Lipinski definition) is 4. The SMILES string of the molecule is O=C(O)c1ccccc1[S-].O=C(O)c1ccccc1[S-].[Ag+].[Ag+]. The van der Waals surface area contributed by atoms with Crippen LogP contribution in [0.4, 0.5) is 0 Å². The summed E-state index contributed by atoms with van der Waals surface area (Å²) in [4.78, 5) is 21.5. The molecular weight excluding hydrogens is 512 g/mol. The molecule has 0 radical (unpaired) electrons. The van der Waals surface area contributed by atoms with Crippen LogP contribution in [0.5, 0.6) is 0 Å². The van der Waals surface area contributed by atoms with Gasteiger partial charge in [-0.3, -0.25) is 0 Å². The first-order valence-corrected chi connectivity index (χ1v) is 6.23. The number of rotatable bonds is 2. The summed E-state index contributed by atoms with van der Waals surface area (Å²) in [6.45, 7) is 0. The summed E-state index contributed by atoms with van der Waals surface area (Å²) in [6, 6.07) is 12.9. The molecule has 0 aromatic heterocycles. The molecule has 4 nitrogen and oxygen atoms in total. The van der Waals surface area contributed by atoms with Crippen LogP contribution in [0.1, 0.15) is 20.7 Å². The van der Waals surface area contributed by atoms with Crippen molar-refractivity contribution in [3.8, 4) is 0 Å². The van der Waals surface area contributed by atoms with Crippen LogP contribution < -0.4 is 0 Å². The fourth-order valence-electron chi connectivity index (χ4n) is 1.29. The van der Waals surface area contributed by atoms with Gasteiger partial charge in [-0.25, -0.2) is 9.59 Å². The van der Waals surface area contributed by atoms with Gasteiger partial charge in [-0.05, 0) is 12.1 Å². The Morgan fingerprint density at radius 3 is 1.14 bits per heavy atom. The first kappa shape index (κ1) is 23.6. The van der Waals surface area contributed by atoms with Gasteiger partial charge in [0.25, 0.3) is 0 Å². The van der Waals surface area contributed by atoms with Crippen molar-refractivity contribution in [3.63, 3.8) is 0 Å². The minimum Gasteiger partial charge on any atom is -0.779 e. The number of carbonyl (C=O) groups is 2. The fraction of sp³-hybridized carbons (Fsp3) is 0. The number of carboxylic acids is 2. The summed E-state index contributed by atoms with van der Waals surface area (Å²) in [7, 11) is 0. The van der Waals surface area contributed by atoms with Crippen LogP contribution in [0.25, 0.3) is 0 Å². The zero-order chi connectivity index (χ0) is 15.1. The van der Waals surface area contributed by atoms with Crippen LogP contribution in [0.15, 0.2) is 58.3 Å². The summed E-state index contributed by atoms with van der Waals surface area (Å²) in [5, 5.41) is 17.0. The second-order valence-corrected chi connectivity index (χ2v) is 4.48. The average molecular weight is 522 g/mol. The molecule has 2 rings (SSSR count). The van der Waals surface area contributed by atoms with E-state index in [2.05, 4.69) is 0 Å². The zero-order valence-electron chi connectivity index (χ0n) is 10.7. The van der Waals surface area contributed by atoms with E-state index in [0.29, 0.717) is 9.79 Å². The van der Waals surface area contributed by atoms with Gasteiger partial charge in [0.05, 0.1) is 0 Å². The van der Waals surface area contributed by atoms with E-state index in [1.54, 1.807) is 36.4 Å². The van der Waals surface area contributed by atoms with Gasteiger partial charge in [-0.15, -0.1) is 0 Å². The Bertz CT molecular complexity index is 580. The van der Waals surface area contributed by atoms with Gasteiger partial charge in [-0.2, -0.15) is 9.79 Å². The quantitative estimate of drug-likeness (QED) is 0.467. The van der Waals surface area contributed by atoms with Crippen molar-refractivity contribution in [3.05, 3.63) is 59.7 Å². The molecule has 0 amide bonds. The third-order valence-electron chi connectivity index (χ3n) is 2.23. The minimum atomic E-state index is -0.967. The molecular formula is C14H10Ag2O4S2. The van der Waals surface area contributed by atoms with Gasteiger partial charge in [0.1, 0.15) is 0 Å². The Morgan fingerprint density at radius 1 is 0.682 bits per heavy atom. The Balaban J connectivity index is 0. The van der Waals surface area contributed by atoms with Crippen LogP contribution in [0.2, 0.25) is 0 Å². The topological polar surface area (TPSA) is 74.6 Å². The molecule has 0 saturated carbocycles. The van der Waals surface area contributed by atoms with Gasteiger partial charge >= 0.3 is 56.7 Å². The first-order chi connectivity index (χ1) is 9.43. The van der Waals surface area contributed by atoms with Crippen LogP contribution in [0.3, 0.4) is 0 Å². The minimum absolute atomic E-state index is 0. The van der Waals surface area contributed by atoms with Crippen molar-refractivity contribution in [2.45, 2.75) is 9.79 Å². The van der Waals surface area contributed by atoms with E-state index >= 15 is 0 Å². The molecule has 124 valence electrons. The predicted molar refractivity (Wildman–Crippen MR) is 78.1 cm³/mol. The molecule has 0 unspecified atom stereocenters. The Labute approximate surface area is 170 Å². The Morgan fingerprint density at radius 2 is 0.955 bits per heavy atom. The van der Waals surface area contributed by atoms with E-state index in [4.69, 9.17) is 35.5 Å². The molecule has 0 saturated heterocycles. The molecule has 0 bridgehead atoms. The van der Waals surface area contributed by atoms with Crippen molar-refractivity contribution in [1.29, 1.82) is 0 Å². The average Bonchev–Trinajstić information content (AvgIpc) is 2.40. The molecule has 2 aromatic rings. The maximum atomic E-state index is 10.4. The Kier molecular flexibility index (Phi) is 12.7. The summed E-state index contributed by atoms with van der Waals surface area (Å²) in [6.07, 6.45) is 0. The van der Waals surface area contributed by atoms with Crippen molar-refractivity contribution in [2.75, 3.05) is 0 Å². The molecule has 8 heteroatoms. The van der Waals surface area contributed by atoms with Crippen LogP contribution in [-0.4, -0.2) is 22.2 Å². The van der Waals surface area contributed by atoms with E-state index in [0.717, 1.165) is 0 Å². The molecule has 0 heterocycles. The monoisotopic (exact) mass is 520 g/mol. The maximum absolute atomic E-state index is 10.4. The van der Waals surface area contributed by atoms with Crippen molar-refractivity contribution >= 4 is 37.2 Å². The van der Waals surface area contributed by atoms with E-state index in [1.165, 1.54) is 12.1 Å². The zero-order valence-corrected chi connectivity index (χ0v) is 15.3. The summed E-state index contributed by atoms with van der Waals surface area (Å²) >= 11 is 9.49. The van der Waals surface area contributed by atoms with Crippen molar-refractivity contribution in [2.24, 2.45) is 0 Å². The van der Waals surface area contributed by atoms with E-state index in [-0.39, 0.29) is 55.9 Å². The summed E-state index contributed by atoms with van der Waals surface area (Å²) < 4.78 is 0. The Hall–Kier alpha value is -0.699. The maximum Gasteiger partial charge on any atom is 1.00 e. The molecule has 0 aliphatic rings. The van der Waals surface area contributed by atoms with Crippen molar-refractivity contribution in [1.82, 2.24) is 0 Å². The largest absolute Gasteiger partial charge is 1.00 e. The molecule has 22 heavy (non-hydrogen) atoms. The molecule has 0 atom stereocenters. The number of hydrogen-bond donors (Lipinski definition) is 2. The van der Waals surface area contributed by atoms with Crippen LogP contribution >= 0.6 is 0 Å². The third-order valence-corrected chi connectivity index (χ3v) is 2.95. The molecule has 0 spiro atoms. The summed E-state index contributed by atoms with van der Waals surface area (Å²) in [5.41, 5.74) is 0.384. The second kappa shape index (κ2) is 11.8. The van der Waals surface area contributed by atoms with Crippen LogP contribution in [-0.2, 0) is 70.0 Å². The number of carboxylic acid groups (broad SMARTS) is 2. The number of aromatic carboxylic acids is 2. The fourth-order valence-corrected chi connectivity index (χ4v) is 1.75. The standard InChI is InChI=1S/2C7H6O2S.2Ag/c2*8-7(9)5-3-1-2-4-6(5)10;;/h2*1-4,10H,(H,8,9);;/q;;2*+1/p-2. The van der Waals surface area contributed by atoms with Crippen LogP contribution in [0, 0.1) is 0 Å². The molecule has 0 fully saturated rings. The van der Waals surface area contributed by atoms with Gasteiger partial charge in [0.15, 0.2) is 0 Å². The van der Waals surface area contributed by atoms with Gasteiger partial charge < -0.3 is 35.5 Å². The second-order valence-electron chi connectivity index (χ2n) is 3.60. The van der Waals surface area contributed by atoms with Crippen molar-refractivity contribution < 1.29 is 64.6 Å². The molecule has 2 N–H and O–H groups in total. The van der Waals surface area contributed by atoms with Gasteiger partial charge in [0, 0.05) is 11.1 Å². The van der Waals surface area contributed by atoms with E-state index < -0.39 is 11.9 Å². The number of benzene rings is 2. The molecule has 0 aliphatic heterocycles. The normalized spacial score (nSPS) is 8.36. The van der Waals surface area contributed by atoms with Gasteiger partial charge in [0.2, 0.25) is 0 Å².